The Kier molecular flexibility index (Phi) is 5.57. The van der Waals surface area contributed by atoms with Crippen LogP contribution in [0.5, 0.6) is 0 Å². The number of anilines is 2. The highest BCUT2D eigenvalue weighted by Crippen LogP contribution is 2.33. The second-order valence-electron chi connectivity index (χ2n) is 7.18. The Bertz CT molecular complexity index is 1210. The van der Waals surface area contributed by atoms with Crippen molar-refractivity contribution in [2.75, 3.05) is 18.5 Å². The Hall–Kier alpha value is -3.69. The lowest BCUT2D eigenvalue weighted by Gasteiger charge is -2.21. The van der Waals surface area contributed by atoms with Crippen LogP contribution >= 0.6 is 0 Å². The van der Waals surface area contributed by atoms with Gasteiger partial charge in [-0.1, -0.05) is 0 Å². The van der Waals surface area contributed by atoms with E-state index in [1.165, 1.54) is 24.3 Å². The number of ether oxygens (including phenoxy) is 2. The summed E-state index contributed by atoms with van der Waals surface area (Å²) in [5.41, 5.74) is 3.14. The molecule has 7 nitrogen and oxygen atoms in total. The summed E-state index contributed by atoms with van der Waals surface area (Å²) in [6.07, 6.45) is 1.81. The molecular weight excluding hydrogens is 416 g/mol. The van der Waals surface area contributed by atoms with E-state index in [1.54, 1.807) is 36.5 Å². The maximum Gasteiger partial charge on any atom is 0.227 e. The predicted molar refractivity (Wildman–Crippen MR) is 114 cm³/mol. The molecule has 3 heterocycles. The number of benzene rings is 2. The van der Waals surface area contributed by atoms with Crippen molar-refractivity contribution in [2.24, 2.45) is 0 Å². The van der Waals surface area contributed by atoms with E-state index >= 15 is 0 Å². The van der Waals surface area contributed by atoms with Crippen molar-refractivity contribution in [1.29, 1.82) is 0 Å². The molecular formula is C23H19F2N5O2. The average Bonchev–Trinajstić information content (AvgIpc) is 3.27. The number of aromatic nitrogens is 4. The van der Waals surface area contributed by atoms with Crippen LogP contribution < -0.4 is 5.32 Å². The molecule has 0 spiro atoms. The quantitative estimate of drug-likeness (QED) is 0.459. The number of nitrogens with one attached hydrogen (secondary N) is 2. The van der Waals surface area contributed by atoms with Crippen molar-refractivity contribution < 1.29 is 18.3 Å². The van der Waals surface area contributed by atoms with Gasteiger partial charge in [-0.05, 0) is 61.0 Å². The number of halogens is 2. The van der Waals surface area contributed by atoms with Gasteiger partial charge in [0, 0.05) is 17.4 Å². The molecule has 2 aromatic heterocycles. The summed E-state index contributed by atoms with van der Waals surface area (Å²) < 4.78 is 38.0. The number of rotatable bonds is 5. The Labute approximate surface area is 182 Å². The minimum absolute atomic E-state index is 0.328. The Morgan fingerprint density at radius 3 is 2.28 bits per heavy atom. The van der Waals surface area contributed by atoms with Crippen molar-refractivity contribution in [1.82, 2.24) is 19.9 Å². The maximum absolute atomic E-state index is 13.5. The molecule has 32 heavy (non-hydrogen) atoms. The van der Waals surface area contributed by atoms with Crippen molar-refractivity contribution in [3.63, 3.8) is 0 Å². The van der Waals surface area contributed by atoms with E-state index in [9.17, 15) is 8.78 Å². The van der Waals surface area contributed by atoms with Crippen molar-refractivity contribution >= 4 is 11.6 Å². The Balaban J connectivity index is 1.53. The van der Waals surface area contributed by atoms with Gasteiger partial charge in [-0.15, -0.1) is 0 Å². The van der Waals surface area contributed by atoms with Crippen molar-refractivity contribution in [2.45, 2.75) is 12.7 Å². The lowest BCUT2D eigenvalue weighted by atomic mass is 10.1. The Morgan fingerprint density at radius 1 is 0.875 bits per heavy atom. The van der Waals surface area contributed by atoms with Gasteiger partial charge in [0.05, 0.1) is 30.3 Å². The van der Waals surface area contributed by atoms with E-state index in [2.05, 4.69) is 25.3 Å². The Morgan fingerprint density at radius 2 is 1.56 bits per heavy atom. The van der Waals surface area contributed by atoms with Gasteiger partial charge in [0.2, 0.25) is 12.2 Å². The zero-order chi connectivity index (χ0) is 21.9. The zero-order valence-electron chi connectivity index (χ0n) is 16.9. The first-order valence-corrected chi connectivity index (χ1v) is 10.1. The summed E-state index contributed by atoms with van der Waals surface area (Å²) >= 11 is 0. The highest BCUT2D eigenvalue weighted by atomic mass is 19.1. The van der Waals surface area contributed by atoms with Crippen LogP contribution in [0, 0.1) is 11.6 Å². The van der Waals surface area contributed by atoms with Crippen LogP contribution in [0.4, 0.5) is 20.4 Å². The van der Waals surface area contributed by atoms with Gasteiger partial charge in [0.25, 0.3) is 0 Å². The van der Waals surface area contributed by atoms with Crippen LogP contribution in [0.15, 0.2) is 60.8 Å². The average molecular weight is 435 g/mol. The van der Waals surface area contributed by atoms with E-state index in [-0.39, 0.29) is 11.6 Å². The predicted octanol–water partition coefficient (Wildman–Crippen LogP) is 4.99. The maximum atomic E-state index is 13.5. The third-order valence-electron chi connectivity index (χ3n) is 4.90. The third kappa shape index (κ3) is 4.34. The van der Waals surface area contributed by atoms with Gasteiger partial charge in [0.15, 0.2) is 5.82 Å². The minimum atomic E-state index is -0.615. The number of hydrogen-bond acceptors (Lipinski definition) is 6. The fourth-order valence-electron chi connectivity index (χ4n) is 3.37. The lowest BCUT2D eigenvalue weighted by Crippen LogP contribution is -2.18. The van der Waals surface area contributed by atoms with Gasteiger partial charge in [-0.25, -0.2) is 23.7 Å². The molecule has 1 fully saturated rings. The molecule has 5 rings (SSSR count). The third-order valence-corrected chi connectivity index (χ3v) is 4.90. The molecule has 1 aliphatic rings. The van der Waals surface area contributed by atoms with E-state index < -0.39 is 6.29 Å². The topological polar surface area (TPSA) is 85.0 Å². The highest BCUT2D eigenvalue weighted by molar-refractivity contribution is 5.77. The summed E-state index contributed by atoms with van der Waals surface area (Å²) in [6.45, 7) is 1.15. The molecule has 1 saturated heterocycles. The van der Waals surface area contributed by atoms with Crippen LogP contribution in [-0.2, 0) is 9.47 Å². The van der Waals surface area contributed by atoms with E-state index in [0.29, 0.717) is 53.3 Å². The summed E-state index contributed by atoms with van der Waals surface area (Å²) in [6, 6.07) is 13.7. The minimum Gasteiger partial charge on any atom is -0.346 e. The number of nitrogens with zero attached hydrogens (tertiary/aromatic N) is 3. The SMILES string of the molecule is Fc1ccc(Nc2nccc(-c3[nH]c(C4OCCCO4)nc3-c3ccc(F)cc3)n2)cc1. The second kappa shape index (κ2) is 8.81. The van der Waals surface area contributed by atoms with Gasteiger partial charge in [-0.2, -0.15) is 0 Å². The normalized spacial score (nSPS) is 14.4. The standard InChI is InChI=1S/C23H19F2N5O2/c24-15-4-2-14(3-5-15)19-20(30-21(29-19)22-31-12-1-13-32-22)18-10-11-26-23(28-18)27-17-8-6-16(25)7-9-17/h2-11,22H,1,12-13H2,(H,29,30)(H,26,27,28). The van der Waals surface area contributed by atoms with Crippen molar-refractivity contribution in [3.05, 3.63) is 78.3 Å². The van der Waals surface area contributed by atoms with E-state index in [1.807, 2.05) is 0 Å². The molecule has 4 aromatic rings. The fourth-order valence-corrected chi connectivity index (χ4v) is 3.37. The first-order chi connectivity index (χ1) is 15.7. The highest BCUT2D eigenvalue weighted by Gasteiger charge is 2.24. The largest absolute Gasteiger partial charge is 0.346 e. The summed E-state index contributed by atoms with van der Waals surface area (Å²) in [4.78, 5) is 16.8. The molecule has 1 aliphatic heterocycles. The van der Waals surface area contributed by atoms with Crippen molar-refractivity contribution in [3.8, 4) is 22.6 Å². The molecule has 0 bridgehead atoms. The van der Waals surface area contributed by atoms with E-state index in [0.717, 1.165) is 6.42 Å². The molecule has 0 unspecified atom stereocenters. The van der Waals surface area contributed by atoms with Crippen LogP contribution in [-0.4, -0.2) is 33.1 Å². The second-order valence-corrected chi connectivity index (χ2v) is 7.18. The summed E-state index contributed by atoms with van der Waals surface area (Å²) in [5.74, 6) is 0.176. The first kappa shape index (κ1) is 20.2. The monoisotopic (exact) mass is 435 g/mol. The molecule has 0 atom stereocenters. The molecule has 2 N–H and O–H groups in total. The number of imidazole rings is 1. The van der Waals surface area contributed by atoms with Crippen LogP contribution in [0.3, 0.4) is 0 Å². The molecule has 0 amide bonds. The van der Waals surface area contributed by atoms with E-state index in [4.69, 9.17) is 9.47 Å². The van der Waals surface area contributed by atoms with Crippen LogP contribution in [0.25, 0.3) is 22.6 Å². The fraction of sp³-hybridized carbons (Fsp3) is 0.174. The first-order valence-electron chi connectivity index (χ1n) is 10.1. The molecule has 2 aromatic carbocycles. The molecule has 162 valence electrons. The van der Waals surface area contributed by atoms with Crippen LogP contribution in [0.1, 0.15) is 18.5 Å². The molecule has 0 aliphatic carbocycles. The van der Waals surface area contributed by atoms with Gasteiger partial charge in [-0.3, -0.25) is 0 Å². The molecule has 0 radical (unpaired) electrons. The molecule has 9 heteroatoms. The summed E-state index contributed by atoms with van der Waals surface area (Å²) in [7, 11) is 0. The number of aromatic amines is 1. The number of hydrogen-bond donors (Lipinski definition) is 2. The van der Waals surface area contributed by atoms with Gasteiger partial charge < -0.3 is 19.8 Å². The van der Waals surface area contributed by atoms with Gasteiger partial charge in [0.1, 0.15) is 11.6 Å². The molecule has 0 saturated carbocycles. The van der Waals surface area contributed by atoms with Gasteiger partial charge >= 0.3 is 0 Å². The zero-order valence-corrected chi connectivity index (χ0v) is 16.9. The smallest absolute Gasteiger partial charge is 0.227 e. The lowest BCUT2D eigenvalue weighted by molar-refractivity contribution is -0.186. The van der Waals surface area contributed by atoms with Crippen LogP contribution in [0.2, 0.25) is 0 Å². The number of H-pyrrole nitrogens is 1. The summed E-state index contributed by atoms with van der Waals surface area (Å²) in [5, 5.41) is 3.06.